The van der Waals surface area contributed by atoms with Gasteiger partial charge in [-0.05, 0) is 53.1 Å². The molecule has 0 saturated carbocycles. The number of aromatic nitrogens is 2. The van der Waals surface area contributed by atoms with Gasteiger partial charge in [-0.25, -0.2) is 0 Å². The van der Waals surface area contributed by atoms with E-state index in [0.717, 1.165) is 17.3 Å². The van der Waals surface area contributed by atoms with Crippen molar-refractivity contribution in [2.75, 3.05) is 0 Å². The number of hydrogen-bond donors (Lipinski definition) is 0. The Kier molecular flexibility index (Phi) is 3.48. The summed E-state index contributed by atoms with van der Waals surface area (Å²) in [5.41, 5.74) is 2.79. The lowest BCUT2D eigenvalue weighted by Gasteiger charge is -2.35. The van der Waals surface area contributed by atoms with E-state index >= 15 is 0 Å². The third-order valence-electron chi connectivity index (χ3n) is 4.53. The molecule has 1 aliphatic heterocycles. The van der Waals surface area contributed by atoms with Crippen LogP contribution in [0.2, 0.25) is 0 Å². The molecule has 0 bridgehead atoms. The van der Waals surface area contributed by atoms with Gasteiger partial charge in [0.25, 0.3) is 0 Å². The molecule has 3 atom stereocenters. The van der Waals surface area contributed by atoms with Gasteiger partial charge in [-0.2, -0.15) is 5.10 Å². The summed E-state index contributed by atoms with van der Waals surface area (Å²) in [6, 6.07) is 11.3. The Balaban J connectivity index is 1.86. The third kappa shape index (κ3) is 2.36. The molecule has 1 aromatic carbocycles. The molecular weight excluding hydrogens is 300 g/mol. The second-order valence-corrected chi connectivity index (χ2v) is 6.49. The van der Waals surface area contributed by atoms with Crippen molar-refractivity contribution in [1.82, 2.24) is 9.78 Å². The minimum atomic E-state index is 0.476. The number of nitrogens with zero attached hydrogens (tertiary/aromatic N) is 2. The van der Waals surface area contributed by atoms with E-state index in [1.807, 2.05) is 6.20 Å². The number of rotatable bonds is 2. The topological polar surface area (TPSA) is 17.8 Å². The molecule has 3 heteroatoms. The molecule has 100 valence electrons. The summed E-state index contributed by atoms with van der Waals surface area (Å²) in [5, 5.41) is 4.50. The lowest BCUT2D eigenvalue weighted by atomic mass is 9.78. The van der Waals surface area contributed by atoms with Crippen molar-refractivity contribution in [2.24, 2.45) is 11.8 Å². The highest BCUT2D eigenvalue weighted by molar-refractivity contribution is 9.10. The van der Waals surface area contributed by atoms with Crippen molar-refractivity contribution in [3.8, 4) is 0 Å². The maximum absolute atomic E-state index is 4.50. The van der Waals surface area contributed by atoms with E-state index < -0.39 is 0 Å². The maximum Gasteiger partial charge on any atom is 0.0635 e. The summed E-state index contributed by atoms with van der Waals surface area (Å²) in [6.07, 6.45) is 4.20. The second-order valence-electron chi connectivity index (χ2n) is 5.64. The van der Waals surface area contributed by atoms with Crippen LogP contribution in [0.25, 0.3) is 0 Å². The average Bonchev–Trinajstić information content (AvgIpc) is 2.79. The zero-order valence-electron chi connectivity index (χ0n) is 11.4. The SMILES string of the molecule is C[C@H]1C(Cc2ccccc2)Cc2c(Br)cnn2[C@H]1C. The van der Waals surface area contributed by atoms with Crippen LogP contribution in [0.5, 0.6) is 0 Å². The van der Waals surface area contributed by atoms with Crippen LogP contribution in [0.4, 0.5) is 0 Å². The zero-order valence-corrected chi connectivity index (χ0v) is 13.0. The van der Waals surface area contributed by atoms with Gasteiger partial charge >= 0.3 is 0 Å². The molecule has 0 N–H and O–H groups in total. The van der Waals surface area contributed by atoms with E-state index in [4.69, 9.17) is 0 Å². The van der Waals surface area contributed by atoms with Crippen LogP contribution in [0, 0.1) is 11.8 Å². The van der Waals surface area contributed by atoms with Gasteiger partial charge in [0.1, 0.15) is 0 Å². The van der Waals surface area contributed by atoms with Crippen LogP contribution in [0.3, 0.4) is 0 Å². The Morgan fingerprint density at radius 3 is 2.74 bits per heavy atom. The molecule has 1 unspecified atom stereocenters. The molecule has 0 spiro atoms. The van der Waals surface area contributed by atoms with E-state index in [1.165, 1.54) is 11.3 Å². The number of fused-ring (bicyclic) bond motifs is 1. The highest BCUT2D eigenvalue weighted by atomic mass is 79.9. The monoisotopic (exact) mass is 318 g/mol. The summed E-state index contributed by atoms with van der Waals surface area (Å²) in [6.45, 7) is 4.64. The Bertz CT molecular complexity index is 561. The normalized spacial score (nSPS) is 26.2. The van der Waals surface area contributed by atoms with Gasteiger partial charge in [0.2, 0.25) is 0 Å². The van der Waals surface area contributed by atoms with E-state index in [9.17, 15) is 0 Å². The predicted molar refractivity (Wildman–Crippen MR) is 81.1 cm³/mol. The Morgan fingerprint density at radius 2 is 2.00 bits per heavy atom. The molecular formula is C16H19BrN2. The molecule has 0 radical (unpaired) electrons. The van der Waals surface area contributed by atoms with E-state index in [-0.39, 0.29) is 0 Å². The number of halogens is 1. The maximum atomic E-state index is 4.50. The fraction of sp³-hybridized carbons (Fsp3) is 0.438. The standard InChI is InChI=1S/C16H19BrN2/c1-11-12(2)19-16(15(17)10-18-19)9-14(11)8-13-6-4-3-5-7-13/h3-7,10-12,14H,8-9H2,1-2H3/t11-,12+,14?/m1/s1. The zero-order chi connectivity index (χ0) is 13.4. The molecule has 0 aliphatic carbocycles. The number of hydrogen-bond acceptors (Lipinski definition) is 1. The van der Waals surface area contributed by atoms with Gasteiger partial charge in [0, 0.05) is 0 Å². The van der Waals surface area contributed by atoms with E-state index in [2.05, 4.69) is 69.9 Å². The van der Waals surface area contributed by atoms with Crippen LogP contribution in [0.1, 0.15) is 31.1 Å². The number of benzene rings is 1. The molecule has 2 nitrogen and oxygen atoms in total. The first-order valence-corrected chi connectivity index (χ1v) is 7.72. The summed E-state index contributed by atoms with van der Waals surface area (Å²) in [7, 11) is 0. The molecule has 0 saturated heterocycles. The van der Waals surface area contributed by atoms with Gasteiger partial charge in [-0.15, -0.1) is 0 Å². The molecule has 2 heterocycles. The fourth-order valence-corrected chi connectivity index (χ4v) is 3.57. The first-order chi connectivity index (χ1) is 9.16. The van der Waals surface area contributed by atoms with Crippen LogP contribution >= 0.6 is 15.9 Å². The minimum absolute atomic E-state index is 0.476. The highest BCUT2D eigenvalue weighted by Crippen LogP contribution is 2.38. The first kappa shape index (κ1) is 12.9. The average molecular weight is 319 g/mol. The van der Waals surface area contributed by atoms with Crippen molar-refractivity contribution >= 4 is 15.9 Å². The Morgan fingerprint density at radius 1 is 1.26 bits per heavy atom. The third-order valence-corrected chi connectivity index (χ3v) is 5.20. The van der Waals surface area contributed by atoms with Crippen molar-refractivity contribution < 1.29 is 0 Å². The first-order valence-electron chi connectivity index (χ1n) is 6.92. The molecule has 1 aliphatic rings. The van der Waals surface area contributed by atoms with Crippen LogP contribution in [-0.2, 0) is 12.8 Å². The van der Waals surface area contributed by atoms with Crippen molar-refractivity contribution in [2.45, 2.75) is 32.7 Å². The van der Waals surface area contributed by atoms with E-state index in [1.54, 1.807) is 0 Å². The van der Waals surface area contributed by atoms with E-state index in [0.29, 0.717) is 17.9 Å². The molecule has 19 heavy (non-hydrogen) atoms. The van der Waals surface area contributed by atoms with Gasteiger partial charge in [-0.3, -0.25) is 4.68 Å². The van der Waals surface area contributed by atoms with Crippen molar-refractivity contribution in [3.63, 3.8) is 0 Å². The van der Waals surface area contributed by atoms with Crippen LogP contribution in [0.15, 0.2) is 41.0 Å². The van der Waals surface area contributed by atoms with Gasteiger partial charge in [0.15, 0.2) is 0 Å². The lowest BCUT2D eigenvalue weighted by molar-refractivity contribution is 0.203. The molecule has 3 rings (SSSR count). The minimum Gasteiger partial charge on any atom is -0.265 e. The van der Waals surface area contributed by atoms with Crippen molar-refractivity contribution in [3.05, 3.63) is 52.3 Å². The van der Waals surface area contributed by atoms with Crippen LogP contribution < -0.4 is 0 Å². The summed E-state index contributed by atoms with van der Waals surface area (Å²) in [4.78, 5) is 0. The van der Waals surface area contributed by atoms with Gasteiger partial charge in [0.05, 0.1) is 22.4 Å². The van der Waals surface area contributed by atoms with Gasteiger partial charge < -0.3 is 0 Å². The lowest BCUT2D eigenvalue weighted by Crippen LogP contribution is -2.32. The quantitative estimate of drug-likeness (QED) is 0.809. The second kappa shape index (κ2) is 5.12. The molecule has 1 aromatic heterocycles. The largest absolute Gasteiger partial charge is 0.265 e. The van der Waals surface area contributed by atoms with Crippen LogP contribution in [-0.4, -0.2) is 9.78 Å². The molecule has 0 amide bonds. The molecule has 2 aromatic rings. The van der Waals surface area contributed by atoms with Gasteiger partial charge in [-0.1, -0.05) is 37.3 Å². The summed E-state index contributed by atoms with van der Waals surface area (Å²) < 4.78 is 3.35. The van der Waals surface area contributed by atoms with Crippen molar-refractivity contribution in [1.29, 1.82) is 0 Å². The molecule has 0 fully saturated rings. The smallest absolute Gasteiger partial charge is 0.0635 e. The Labute approximate surface area is 123 Å². The summed E-state index contributed by atoms with van der Waals surface area (Å²) in [5.74, 6) is 1.34. The predicted octanol–water partition coefficient (Wildman–Crippen LogP) is 4.26. The summed E-state index contributed by atoms with van der Waals surface area (Å²) >= 11 is 3.63. The Hall–Kier alpha value is -1.09. The fourth-order valence-electron chi connectivity index (χ4n) is 3.13. The highest BCUT2D eigenvalue weighted by Gasteiger charge is 2.32.